The summed E-state index contributed by atoms with van der Waals surface area (Å²) >= 11 is 0. The van der Waals surface area contributed by atoms with Crippen molar-refractivity contribution in [3.63, 3.8) is 0 Å². The van der Waals surface area contributed by atoms with E-state index in [0.29, 0.717) is 0 Å². The van der Waals surface area contributed by atoms with Gasteiger partial charge in [0.15, 0.2) is 0 Å². The third-order valence-corrected chi connectivity index (χ3v) is 3.18. The first-order valence-corrected chi connectivity index (χ1v) is 5.78. The van der Waals surface area contributed by atoms with Crippen molar-refractivity contribution in [2.45, 2.75) is 25.3 Å². The summed E-state index contributed by atoms with van der Waals surface area (Å²) in [4.78, 5) is 13.1. The molecule has 0 spiro atoms. The molecule has 94 valence electrons. The number of rotatable bonds is 4. The Morgan fingerprint density at radius 1 is 1.35 bits per heavy atom. The van der Waals surface area contributed by atoms with Crippen molar-refractivity contribution in [1.82, 2.24) is 4.90 Å². The number of halogens is 1. The summed E-state index contributed by atoms with van der Waals surface area (Å²) < 4.78 is 0. The van der Waals surface area contributed by atoms with Gasteiger partial charge in [0.25, 0.3) is 0 Å². The predicted molar refractivity (Wildman–Crippen MR) is 69.6 cm³/mol. The molecule has 1 heterocycles. The number of benzene rings is 1. The molecule has 1 saturated heterocycles. The van der Waals surface area contributed by atoms with Gasteiger partial charge in [-0.1, -0.05) is 30.3 Å². The van der Waals surface area contributed by atoms with Crippen LogP contribution in [0.5, 0.6) is 0 Å². The van der Waals surface area contributed by atoms with Gasteiger partial charge in [0.05, 0.1) is 0 Å². The molecule has 1 aliphatic rings. The van der Waals surface area contributed by atoms with Crippen molar-refractivity contribution in [2.75, 3.05) is 13.1 Å². The fraction of sp³-hybridized carbons (Fsp3) is 0.462. The molecule has 0 aromatic heterocycles. The first-order valence-electron chi connectivity index (χ1n) is 5.78. The molecule has 3 nitrogen and oxygen atoms in total. The van der Waals surface area contributed by atoms with Gasteiger partial charge < -0.3 is 5.11 Å². The van der Waals surface area contributed by atoms with Gasteiger partial charge >= 0.3 is 5.97 Å². The Kier molecular flexibility index (Phi) is 5.45. The van der Waals surface area contributed by atoms with E-state index in [1.54, 1.807) is 0 Å². The average Bonchev–Trinajstić information content (AvgIpc) is 2.76. The van der Waals surface area contributed by atoms with E-state index in [2.05, 4.69) is 17.0 Å². The number of nitrogens with zero attached hydrogens (tertiary/aromatic N) is 1. The van der Waals surface area contributed by atoms with Crippen LogP contribution in [0, 0.1) is 0 Å². The first kappa shape index (κ1) is 14.0. The van der Waals surface area contributed by atoms with Gasteiger partial charge in [-0.05, 0) is 31.4 Å². The summed E-state index contributed by atoms with van der Waals surface area (Å²) in [5.74, 6) is -0.675. The Bertz CT molecular complexity index is 356. The Hall–Kier alpha value is -1.06. The van der Waals surface area contributed by atoms with Crippen LogP contribution in [0.4, 0.5) is 0 Å². The highest BCUT2D eigenvalue weighted by Crippen LogP contribution is 2.17. The normalized spacial score (nSPS) is 19.9. The number of hydrogen-bond acceptors (Lipinski definition) is 2. The van der Waals surface area contributed by atoms with Gasteiger partial charge in [-0.2, -0.15) is 0 Å². The van der Waals surface area contributed by atoms with E-state index >= 15 is 0 Å². The molecule has 0 unspecified atom stereocenters. The lowest BCUT2D eigenvalue weighted by Crippen LogP contribution is -2.37. The number of hydrogen-bond donors (Lipinski definition) is 1. The lowest BCUT2D eigenvalue weighted by molar-refractivity contribution is -0.142. The molecule has 4 heteroatoms. The molecule has 1 N–H and O–H groups in total. The highest BCUT2D eigenvalue weighted by Gasteiger charge is 2.29. The van der Waals surface area contributed by atoms with Gasteiger partial charge in [-0.3, -0.25) is 9.69 Å². The van der Waals surface area contributed by atoms with E-state index < -0.39 is 5.97 Å². The second kappa shape index (κ2) is 6.62. The number of carboxylic acid groups (broad SMARTS) is 1. The molecule has 0 amide bonds. The van der Waals surface area contributed by atoms with Crippen molar-refractivity contribution in [3.05, 3.63) is 35.9 Å². The van der Waals surface area contributed by atoms with Crippen LogP contribution in [0.3, 0.4) is 0 Å². The van der Waals surface area contributed by atoms with Gasteiger partial charge in [0.2, 0.25) is 0 Å². The summed E-state index contributed by atoms with van der Waals surface area (Å²) in [6.45, 7) is 1.77. The molecule has 0 radical (unpaired) electrons. The second-order valence-electron chi connectivity index (χ2n) is 4.27. The minimum atomic E-state index is -0.675. The number of likely N-dealkylation sites (tertiary alicyclic amines) is 1. The summed E-state index contributed by atoms with van der Waals surface area (Å²) in [5.41, 5.74) is 1.28. The van der Waals surface area contributed by atoms with Crippen molar-refractivity contribution in [3.8, 4) is 0 Å². The minimum Gasteiger partial charge on any atom is -0.480 e. The summed E-state index contributed by atoms with van der Waals surface area (Å²) in [6.07, 6.45) is 2.74. The second-order valence-corrected chi connectivity index (χ2v) is 4.27. The molecule has 1 fully saturated rings. The predicted octanol–water partition coefficient (Wildman–Crippen LogP) is 2.20. The summed E-state index contributed by atoms with van der Waals surface area (Å²) in [7, 11) is 0. The maximum atomic E-state index is 11.0. The lowest BCUT2D eigenvalue weighted by atomic mass is 10.1. The fourth-order valence-electron chi connectivity index (χ4n) is 2.29. The van der Waals surface area contributed by atoms with Gasteiger partial charge in [-0.15, -0.1) is 12.4 Å². The Balaban J connectivity index is 0.00000144. The lowest BCUT2D eigenvalue weighted by Gasteiger charge is -2.20. The van der Waals surface area contributed by atoms with E-state index in [1.807, 2.05) is 18.2 Å². The third-order valence-electron chi connectivity index (χ3n) is 3.18. The SMILES string of the molecule is Cl.O=C(O)[C@@H]1CCCN1CCc1ccccc1. The maximum absolute atomic E-state index is 11.0. The average molecular weight is 256 g/mol. The first-order chi connectivity index (χ1) is 7.77. The molecule has 1 atom stereocenters. The van der Waals surface area contributed by atoms with Crippen LogP contribution in [0.25, 0.3) is 0 Å². The number of carboxylic acids is 1. The molecule has 0 saturated carbocycles. The van der Waals surface area contributed by atoms with Crippen LogP contribution in [0.1, 0.15) is 18.4 Å². The highest BCUT2D eigenvalue weighted by molar-refractivity contribution is 5.85. The van der Waals surface area contributed by atoms with Crippen molar-refractivity contribution < 1.29 is 9.90 Å². The zero-order chi connectivity index (χ0) is 11.4. The highest BCUT2D eigenvalue weighted by atomic mass is 35.5. The molecule has 0 bridgehead atoms. The van der Waals surface area contributed by atoms with Crippen molar-refractivity contribution in [2.24, 2.45) is 0 Å². The Morgan fingerprint density at radius 3 is 2.71 bits per heavy atom. The smallest absolute Gasteiger partial charge is 0.320 e. The summed E-state index contributed by atoms with van der Waals surface area (Å²) in [6, 6.07) is 9.96. The molecule has 17 heavy (non-hydrogen) atoms. The van der Waals surface area contributed by atoms with Crippen LogP contribution in [-0.2, 0) is 11.2 Å². The van der Waals surface area contributed by atoms with Crippen LogP contribution >= 0.6 is 12.4 Å². The van der Waals surface area contributed by atoms with Gasteiger partial charge in [0, 0.05) is 6.54 Å². The number of carbonyl (C=O) groups is 1. The topological polar surface area (TPSA) is 40.5 Å². The molecule has 2 rings (SSSR count). The minimum absolute atomic E-state index is 0. The monoisotopic (exact) mass is 255 g/mol. The van der Waals surface area contributed by atoms with Crippen LogP contribution < -0.4 is 0 Å². The zero-order valence-electron chi connectivity index (χ0n) is 9.71. The van der Waals surface area contributed by atoms with E-state index in [4.69, 9.17) is 5.11 Å². The Labute approximate surface area is 108 Å². The van der Waals surface area contributed by atoms with Crippen LogP contribution in [0.2, 0.25) is 0 Å². The zero-order valence-corrected chi connectivity index (χ0v) is 10.5. The third kappa shape index (κ3) is 3.72. The molecule has 0 aliphatic carbocycles. The number of aliphatic carboxylic acids is 1. The largest absolute Gasteiger partial charge is 0.480 e. The molecule has 1 aromatic carbocycles. The quantitative estimate of drug-likeness (QED) is 0.897. The van der Waals surface area contributed by atoms with E-state index in [1.165, 1.54) is 5.56 Å². The molecular weight excluding hydrogens is 238 g/mol. The van der Waals surface area contributed by atoms with Crippen molar-refractivity contribution >= 4 is 18.4 Å². The van der Waals surface area contributed by atoms with Gasteiger partial charge in [-0.25, -0.2) is 0 Å². The maximum Gasteiger partial charge on any atom is 0.320 e. The van der Waals surface area contributed by atoms with Gasteiger partial charge in [0.1, 0.15) is 6.04 Å². The molecular formula is C13H18ClNO2. The standard InChI is InChI=1S/C13H17NO2.ClH/c15-13(16)12-7-4-9-14(12)10-8-11-5-2-1-3-6-11;/h1-3,5-6,12H,4,7-10H2,(H,15,16);1H/t12-;/m0./s1. The summed E-state index contributed by atoms with van der Waals surface area (Å²) in [5, 5.41) is 9.04. The van der Waals surface area contributed by atoms with E-state index in [-0.39, 0.29) is 18.4 Å². The van der Waals surface area contributed by atoms with Crippen molar-refractivity contribution in [1.29, 1.82) is 0 Å². The van der Waals surface area contributed by atoms with E-state index in [0.717, 1.165) is 32.4 Å². The molecule has 1 aromatic rings. The van der Waals surface area contributed by atoms with Crippen LogP contribution in [-0.4, -0.2) is 35.1 Å². The fourth-order valence-corrected chi connectivity index (χ4v) is 2.29. The van der Waals surface area contributed by atoms with Crippen LogP contribution in [0.15, 0.2) is 30.3 Å². The Morgan fingerprint density at radius 2 is 2.06 bits per heavy atom. The molecule has 1 aliphatic heterocycles. The van der Waals surface area contributed by atoms with E-state index in [9.17, 15) is 4.79 Å².